The molecule has 0 N–H and O–H groups in total. The lowest BCUT2D eigenvalue weighted by atomic mass is 10.1. The average molecular weight is 274 g/mol. The Bertz CT molecular complexity index is 477. The summed E-state index contributed by atoms with van der Waals surface area (Å²) in [4.78, 5) is 6.79. The lowest BCUT2D eigenvalue weighted by Gasteiger charge is -2.27. The van der Waals surface area contributed by atoms with Gasteiger partial charge in [-0.1, -0.05) is 12.1 Å². The molecule has 2 bridgehead atoms. The highest BCUT2D eigenvalue weighted by atomic mass is 16.5. The third-order valence-corrected chi connectivity index (χ3v) is 4.44. The predicted molar refractivity (Wildman–Crippen MR) is 77.6 cm³/mol. The number of rotatable bonds is 6. The zero-order chi connectivity index (χ0) is 13.9. The summed E-state index contributed by atoms with van der Waals surface area (Å²) in [6.07, 6.45) is 6.50. The normalized spacial score (nSPS) is 28.8. The summed E-state index contributed by atoms with van der Waals surface area (Å²) >= 11 is 0. The van der Waals surface area contributed by atoms with E-state index in [1.807, 2.05) is 12.1 Å². The molecule has 1 aromatic rings. The van der Waals surface area contributed by atoms with Gasteiger partial charge in [0.15, 0.2) is 0 Å². The highest BCUT2D eigenvalue weighted by Gasteiger charge is 2.47. The Kier molecular flexibility index (Phi) is 4.03. The first-order valence-electron chi connectivity index (χ1n) is 7.28. The van der Waals surface area contributed by atoms with Crippen molar-refractivity contribution in [3.05, 3.63) is 36.5 Å². The fourth-order valence-electron chi connectivity index (χ4n) is 3.60. The monoisotopic (exact) mass is 274 g/mol. The van der Waals surface area contributed by atoms with Crippen LogP contribution >= 0.6 is 0 Å². The van der Waals surface area contributed by atoms with Crippen molar-refractivity contribution in [2.75, 3.05) is 20.3 Å². The Labute approximate surface area is 120 Å². The van der Waals surface area contributed by atoms with Gasteiger partial charge in [-0.05, 0) is 24.8 Å². The van der Waals surface area contributed by atoms with E-state index in [1.165, 1.54) is 12.8 Å². The molecule has 3 atom stereocenters. The molecule has 3 unspecified atom stereocenters. The number of nitrogens with zero attached hydrogens (tertiary/aromatic N) is 2. The van der Waals surface area contributed by atoms with Crippen molar-refractivity contribution < 1.29 is 9.47 Å². The van der Waals surface area contributed by atoms with Crippen molar-refractivity contribution in [2.45, 2.75) is 31.5 Å². The van der Waals surface area contributed by atoms with Gasteiger partial charge in [-0.15, -0.1) is 6.58 Å². The summed E-state index contributed by atoms with van der Waals surface area (Å²) in [6.45, 7) is 6.40. The van der Waals surface area contributed by atoms with Crippen LogP contribution in [-0.2, 0) is 11.3 Å². The zero-order valence-electron chi connectivity index (χ0n) is 12.0. The highest BCUT2D eigenvalue weighted by molar-refractivity contribution is 5.25. The molecule has 1 aliphatic heterocycles. The van der Waals surface area contributed by atoms with Crippen LogP contribution < -0.4 is 4.74 Å². The van der Waals surface area contributed by atoms with E-state index in [0.29, 0.717) is 24.7 Å². The molecule has 0 spiro atoms. The van der Waals surface area contributed by atoms with Crippen molar-refractivity contribution in [1.29, 1.82) is 0 Å². The molecule has 0 aromatic carbocycles. The molecule has 1 saturated heterocycles. The number of fused-ring (bicyclic) bond motifs is 2. The third-order valence-electron chi connectivity index (χ3n) is 4.44. The van der Waals surface area contributed by atoms with E-state index in [4.69, 9.17) is 9.47 Å². The predicted octanol–water partition coefficient (Wildman–Crippen LogP) is 2.26. The van der Waals surface area contributed by atoms with Crippen LogP contribution in [0.3, 0.4) is 0 Å². The number of piperidine rings is 1. The van der Waals surface area contributed by atoms with E-state index in [0.717, 1.165) is 24.5 Å². The Morgan fingerprint density at radius 2 is 2.40 bits per heavy atom. The van der Waals surface area contributed by atoms with Gasteiger partial charge in [-0.3, -0.25) is 4.90 Å². The molecular formula is C16H22N2O2. The van der Waals surface area contributed by atoms with Gasteiger partial charge in [0.2, 0.25) is 5.88 Å². The molecule has 2 fully saturated rings. The number of pyridine rings is 1. The maximum absolute atomic E-state index is 5.96. The Morgan fingerprint density at radius 1 is 1.50 bits per heavy atom. The van der Waals surface area contributed by atoms with Gasteiger partial charge in [-0.25, -0.2) is 4.98 Å². The molecule has 4 nitrogen and oxygen atoms in total. The number of hydrogen-bond donors (Lipinski definition) is 0. The number of likely N-dealkylation sites (tertiary alicyclic amines) is 1. The molecule has 1 aliphatic carbocycles. The van der Waals surface area contributed by atoms with E-state index in [1.54, 1.807) is 13.3 Å². The SMILES string of the molecule is C=CCOC1C2CCC1N(Cc1cccnc1OC)C2. The van der Waals surface area contributed by atoms with Gasteiger partial charge in [-0.2, -0.15) is 0 Å². The summed E-state index contributed by atoms with van der Waals surface area (Å²) < 4.78 is 11.3. The van der Waals surface area contributed by atoms with Crippen LogP contribution in [0.15, 0.2) is 31.0 Å². The summed E-state index contributed by atoms with van der Waals surface area (Å²) in [5.74, 6) is 1.40. The molecule has 1 aromatic heterocycles. The van der Waals surface area contributed by atoms with Crippen LogP contribution in [0.25, 0.3) is 0 Å². The van der Waals surface area contributed by atoms with Crippen molar-refractivity contribution in [2.24, 2.45) is 5.92 Å². The van der Waals surface area contributed by atoms with Crippen LogP contribution in [0.4, 0.5) is 0 Å². The van der Waals surface area contributed by atoms with E-state index < -0.39 is 0 Å². The number of ether oxygens (including phenoxy) is 2. The minimum atomic E-state index is 0.371. The van der Waals surface area contributed by atoms with Gasteiger partial charge < -0.3 is 9.47 Å². The minimum Gasteiger partial charge on any atom is -0.481 e. The largest absolute Gasteiger partial charge is 0.481 e. The Morgan fingerprint density at radius 3 is 3.20 bits per heavy atom. The van der Waals surface area contributed by atoms with Gasteiger partial charge in [0.25, 0.3) is 0 Å². The maximum Gasteiger partial charge on any atom is 0.217 e. The van der Waals surface area contributed by atoms with Crippen LogP contribution in [0.1, 0.15) is 18.4 Å². The first kappa shape index (κ1) is 13.6. The first-order chi connectivity index (χ1) is 9.83. The highest BCUT2D eigenvalue weighted by Crippen LogP contribution is 2.40. The molecule has 2 aliphatic rings. The number of aromatic nitrogens is 1. The van der Waals surface area contributed by atoms with Gasteiger partial charge >= 0.3 is 0 Å². The molecule has 2 heterocycles. The van der Waals surface area contributed by atoms with Crippen molar-refractivity contribution in [3.8, 4) is 5.88 Å². The molecule has 4 heteroatoms. The number of hydrogen-bond acceptors (Lipinski definition) is 4. The first-order valence-corrected chi connectivity index (χ1v) is 7.28. The van der Waals surface area contributed by atoms with Gasteiger partial charge in [0.05, 0.1) is 19.8 Å². The molecule has 0 amide bonds. The van der Waals surface area contributed by atoms with Crippen molar-refractivity contribution in [3.63, 3.8) is 0 Å². The molecular weight excluding hydrogens is 252 g/mol. The lowest BCUT2D eigenvalue weighted by Crippen LogP contribution is -2.34. The molecule has 0 radical (unpaired) electrons. The van der Waals surface area contributed by atoms with Crippen LogP contribution in [0.5, 0.6) is 5.88 Å². The van der Waals surface area contributed by atoms with Gasteiger partial charge in [0.1, 0.15) is 0 Å². The summed E-state index contributed by atoms with van der Waals surface area (Å²) in [7, 11) is 1.68. The lowest BCUT2D eigenvalue weighted by molar-refractivity contribution is 0.0445. The summed E-state index contributed by atoms with van der Waals surface area (Å²) in [5.41, 5.74) is 1.16. The van der Waals surface area contributed by atoms with E-state index >= 15 is 0 Å². The Hall–Kier alpha value is -1.39. The van der Waals surface area contributed by atoms with E-state index in [9.17, 15) is 0 Å². The van der Waals surface area contributed by atoms with Gasteiger partial charge in [0, 0.05) is 30.9 Å². The van der Waals surface area contributed by atoms with E-state index in [2.05, 4.69) is 22.5 Å². The summed E-state index contributed by atoms with van der Waals surface area (Å²) in [6, 6.07) is 4.60. The quantitative estimate of drug-likeness (QED) is 0.745. The Balaban J connectivity index is 1.69. The maximum atomic E-state index is 5.96. The fourth-order valence-corrected chi connectivity index (χ4v) is 3.60. The molecule has 1 saturated carbocycles. The zero-order valence-corrected chi connectivity index (χ0v) is 12.0. The topological polar surface area (TPSA) is 34.6 Å². The minimum absolute atomic E-state index is 0.371. The molecule has 3 rings (SSSR count). The second-order valence-corrected chi connectivity index (χ2v) is 5.59. The van der Waals surface area contributed by atoms with Crippen LogP contribution in [-0.4, -0.2) is 42.3 Å². The second-order valence-electron chi connectivity index (χ2n) is 5.59. The fraction of sp³-hybridized carbons (Fsp3) is 0.562. The van der Waals surface area contributed by atoms with E-state index in [-0.39, 0.29) is 0 Å². The standard InChI is InChI=1S/C16H22N2O2/c1-3-9-20-15-12-6-7-14(15)18(10-12)11-13-5-4-8-17-16(13)19-2/h3-5,8,12,14-15H,1,6-7,9-11H2,2H3. The average Bonchev–Trinajstić information content (AvgIpc) is 3.02. The third kappa shape index (κ3) is 2.45. The van der Waals surface area contributed by atoms with Crippen molar-refractivity contribution in [1.82, 2.24) is 9.88 Å². The number of methoxy groups -OCH3 is 1. The second kappa shape index (κ2) is 5.94. The molecule has 108 valence electrons. The van der Waals surface area contributed by atoms with Crippen molar-refractivity contribution >= 4 is 0 Å². The smallest absolute Gasteiger partial charge is 0.217 e. The van der Waals surface area contributed by atoms with Crippen LogP contribution in [0.2, 0.25) is 0 Å². The van der Waals surface area contributed by atoms with Crippen LogP contribution in [0, 0.1) is 5.92 Å². The summed E-state index contributed by atoms with van der Waals surface area (Å²) in [5, 5.41) is 0. The molecule has 20 heavy (non-hydrogen) atoms.